The molecule has 0 saturated heterocycles. The van der Waals surface area contributed by atoms with E-state index in [4.69, 9.17) is 4.74 Å². The van der Waals surface area contributed by atoms with E-state index in [0.29, 0.717) is 12.1 Å². The number of para-hydroxylation sites is 1. The van der Waals surface area contributed by atoms with E-state index in [9.17, 15) is 4.79 Å². The number of benzene rings is 2. The molecule has 0 fully saturated rings. The van der Waals surface area contributed by atoms with Crippen molar-refractivity contribution in [1.29, 1.82) is 0 Å². The second kappa shape index (κ2) is 6.92. The fourth-order valence-corrected chi connectivity index (χ4v) is 2.50. The third kappa shape index (κ3) is 3.48. The summed E-state index contributed by atoms with van der Waals surface area (Å²) in [6.45, 7) is 0.585. The number of pyridine rings is 1. The summed E-state index contributed by atoms with van der Waals surface area (Å²) in [4.78, 5) is 16.7. The maximum absolute atomic E-state index is 12.4. The molecule has 116 valence electrons. The van der Waals surface area contributed by atoms with Crippen LogP contribution in [0, 0.1) is 0 Å². The van der Waals surface area contributed by atoms with Gasteiger partial charge in [0.25, 0.3) is 5.91 Å². The normalized spacial score (nSPS) is 10.5. The molecule has 0 spiro atoms. The van der Waals surface area contributed by atoms with E-state index >= 15 is 0 Å². The molecule has 0 aliphatic carbocycles. The maximum atomic E-state index is 12.4. The van der Waals surface area contributed by atoms with E-state index in [2.05, 4.69) is 10.3 Å². The van der Waals surface area contributed by atoms with E-state index in [1.807, 2.05) is 48.5 Å². The van der Waals surface area contributed by atoms with Gasteiger partial charge in [0.05, 0.1) is 18.2 Å². The van der Waals surface area contributed by atoms with E-state index in [1.165, 1.54) is 0 Å². The smallest absolute Gasteiger partial charge is 0.252 e. The van der Waals surface area contributed by atoms with Gasteiger partial charge < -0.3 is 10.1 Å². The van der Waals surface area contributed by atoms with E-state index in [0.717, 1.165) is 28.6 Å². The van der Waals surface area contributed by atoms with Crippen molar-refractivity contribution in [2.24, 2.45) is 0 Å². The SMILES string of the molecule is COc1ccc(CCNC(=O)c2ccnc3ccccc23)cc1. The van der Waals surface area contributed by atoms with Gasteiger partial charge in [0.2, 0.25) is 0 Å². The maximum Gasteiger partial charge on any atom is 0.252 e. The average Bonchev–Trinajstić information content (AvgIpc) is 2.61. The molecule has 0 saturated carbocycles. The van der Waals surface area contributed by atoms with Crippen LogP contribution in [0.1, 0.15) is 15.9 Å². The molecule has 23 heavy (non-hydrogen) atoms. The van der Waals surface area contributed by atoms with Crippen molar-refractivity contribution in [3.63, 3.8) is 0 Å². The van der Waals surface area contributed by atoms with Crippen LogP contribution in [0.3, 0.4) is 0 Å². The first kappa shape index (κ1) is 15.0. The molecule has 3 aromatic rings. The number of carbonyl (C=O) groups is 1. The Morgan fingerprint density at radius 1 is 1.09 bits per heavy atom. The van der Waals surface area contributed by atoms with Crippen molar-refractivity contribution in [2.45, 2.75) is 6.42 Å². The van der Waals surface area contributed by atoms with Crippen LogP contribution in [0.25, 0.3) is 10.9 Å². The minimum absolute atomic E-state index is 0.0721. The van der Waals surface area contributed by atoms with Gasteiger partial charge in [-0.25, -0.2) is 0 Å². The average molecular weight is 306 g/mol. The quantitative estimate of drug-likeness (QED) is 0.787. The van der Waals surface area contributed by atoms with Gasteiger partial charge in [-0.05, 0) is 36.2 Å². The van der Waals surface area contributed by atoms with Gasteiger partial charge in [0, 0.05) is 18.1 Å². The molecule has 1 N–H and O–H groups in total. The van der Waals surface area contributed by atoms with Crippen LogP contribution in [0.5, 0.6) is 5.75 Å². The molecule has 1 heterocycles. The zero-order valence-corrected chi connectivity index (χ0v) is 13.0. The number of ether oxygens (including phenoxy) is 1. The van der Waals surface area contributed by atoms with Crippen LogP contribution in [0.2, 0.25) is 0 Å². The molecule has 0 unspecified atom stereocenters. The Labute approximate surface area is 135 Å². The highest BCUT2D eigenvalue weighted by atomic mass is 16.5. The van der Waals surface area contributed by atoms with Crippen LogP contribution >= 0.6 is 0 Å². The van der Waals surface area contributed by atoms with Crippen molar-refractivity contribution < 1.29 is 9.53 Å². The number of amides is 1. The molecular formula is C19H18N2O2. The number of carbonyl (C=O) groups excluding carboxylic acids is 1. The lowest BCUT2D eigenvalue weighted by Crippen LogP contribution is -2.25. The monoisotopic (exact) mass is 306 g/mol. The molecule has 3 rings (SSSR count). The summed E-state index contributed by atoms with van der Waals surface area (Å²) in [5.41, 5.74) is 2.64. The molecule has 1 aromatic heterocycles. The van der Waals surface area contributed by atoms with Crippen LogP contribution in [0.4, 0.5) is 0 Å². The van der Waals surface area contributed by atoms with E-state index < -0.39 is 0 Å². The summed E-state index contributed by atoms with van der Waals surface area (Å²) in [6.07, 6.45) is 2.44. The summed E-state index contributed by atoms with van der Waals surface area (Å²) < 4.78 is 5.13. The first-order valence-electron chi connectivity index (χ1n) is 7.53. The fraction of sp³-hybridized carbons (Fsp3) is 0.158. The number of hydrogen-bond donors (Lipinski definition) is 1. The molecule has 1 amide bonds. The van der Waals surface area contributed by atoms with Gasteiger partial charge in [-0.1, -0.05) is 30.3 Å². The number of methoxy groups -OCH3 is 1. The molecule has 2 aromatic carbocycles. The van der Waals surface area contributed by atoms with Gasteiger partial charge >= 0.3 is 0 Å². The summed E-state index contributed by atoms with van der Waals surface area (Å²) >= 11 is 0. The topological polar surface area (TPSA) is 51.2 Å². The van der Waals surface area contributed by atoms with Crippen molar-refractivity contribution in [3.05, 3.63) is 71.9 Å². The predicted molar refractivity (Wildman–Crippen MR) is 90.8 cm³/mol. The highest BCUT2D eigenvalue weighted by Gasteiger charge is 2.09. The first-order chi connectivity index (χ1) is 11.3. The molecular weight excluding hydrogens is 288 g/mol. The number of nitrogens with zero attached hydrogens (tertiary/aromatic N) is 1. The Hall–Kier alpha value is -2.88. The van der Waals surface area contributed by atoms with Gasteiger partial charge in [0.1, 0.15) is 5.75 Å². The Morgan fingerprint density at radius 2 is 1.87 bits per heavy atom. The summed E-state index contributed by atoms with van der Waals surface area (Å²) in [5.74, 6) is 0.762. The number of hydrogen-bond acceptors (Lipinski definition) is 3. The van der Waals surface area contributed by atoms with Gasteiger partial charge in [-0.3, -0.25) is 9.78 Å². The second-order valence-electron chi connectivity index (χ2n) is 5.23. The zero-order valence-electron chi connectivity index (χ0n) is 13.0. The number of fused-ring (bicyclic) bond motifs is 1. The number of nitrogens with one attached hydrogen (secondary N) is 1. The van der Waals surface area contributed by atoms with Crippen LogP contribution in [0.15, 0.2) is 60.8 Å². The highest BCUT2D eigenvalue weighted by Crippen LogP contribution is 2.16. The van der Waals surface area contributed by atoms with Crippen molar-refractivity contribution in [3.8, 4) is 5.75 Å². The zero-order chi connectivity index (χ0) is 16.1. The third-order valence-corrected chi connectivity index (χ3v) is 3.75. The Morgan fingerprint density at radius 3 is 2.65 bits per heavy atom. The summed E-state index contributed by atoms with van der Waals surface area (Å²) in [5, 5.41) is 3.84. The highest BCUT2D eigenvalue weighted by molar-refractivity contribution is 6.05. The minimum atomic E-state index is -0.0721. The Balaban J connectivity index is 1.64. The van der Waals surface area contributed by atoms with Gasteiger partial charge in [-0.2, -0.15) is 0 Å². The number of aromatic nitrogens is 1. The molecule has 0 radical (unpaired) electrons. The Kier molecular flexibility index (Phi) is 4.52. The van der Waals surface area contributed by atoms with Crippen molar-refractivity contribution in [2.75, 3.05) is 13.7 Å². The van der Waals surface area contributed by atoms with Gasteiger partial charge in [0.15, 0.2) is 0 Å². The third-order valence-electron chi connectivity index (χ3n) is 3.75. The van der Waals surface area contributed by atoms with Crippen LogP contribution in [-0.4, -0.2) is 24.5 Å². The van der Waals surface area contributed by atoms with Gasteiger partial charge in [-0.15, -0.1) is 0 Å². The lowest BCUT2D eigenvalue weighted by Gasteiger charge is -2.08. The molecule has 0 atom stereocenters. The summed E-state index contributed by atoms with van der Waals surface area (Å²) in [6, 6.07) is 17.3. The minimum Gasteiger partial charge on any atom is -0.497 e. The summed E-state index contributed by atoms with van der Waals surface area (Å²) in [7, 11) is 1.65. The standard InChI is InChI=1S/C19H18N2O2/c1-23-15-8-6-14(7-9-15)10-12-21-19(22)17-11-13-20-18-5-3-2-4-16(17)18/h2-9,11,13H,10,12H2,1H3,(H,21,22). The van der Waals surface area contributed by atoms with E-state index in [1.54, 1.807) is 19.4 Å². The molecule has 0 bridgehead atoms. The largest absolute Gasteiger partial charge is 0.497 e. The first-order valence-corrected chi connectivity index (χ1v) is 7.53. The number of rotatable bonds is 5. The van der Waals surface area contributed by atoms with Crippen LogP contribution < -0.4 is 10.1 Å². The molecule has 4 nitrogen and oxygen atoms in total. The predicted octanol–water partition coefficient (Wildman–Crippen LogP) is 3.22. The van der Waals surface area contributed by atoms with Crippen LogP contribution in [-0.2, 0) is 6.42 Å². The second-order valence-corrected chi connectivity index (χ2v) is 5.23. The van der Waals surface area contributed by atoms with E-state index in [-0.39, 0.29) is 5.91 Å². The lowest BCUT2D eigenvalue weighted by molar-refractivity contribution is 0.0955. The van der Waals surface area contributed by atoms with Crippen molar-refractivity contribution in [1.82, 2.24) is 10.3 Å². The molecule has 4 heteroatoms. The fourth-order valence-electron chi connectivity index (χ4n) is 2.50. The van der Waals surface area contributed by atoms with Crippen molar-refractivity contribution >= 4 is 16.8 Å². The lowest BCUT2D eigenvalue weighted by atomic mass is 10.1. The molecule has 0 aliphatic rings. The Bertz CT molecular complexity index is 808. The molecule has 0 aliphatic heterocycles.